The number of fused-ring (bicyclic) bond motifs is 1. The zero-order valence-corrected chi connectivity index (χ0v) is 14.5. The fourth-order valence-corrected chi connectivity index (χ4v) is 3.64. The second-order valence-corrected chi connectivity index (χ2v) is 6.53. The average molecular weight is 370 g/mol. The highest BCUT2D eigenvalue weighted by molar-refractivity contribution is 6.32. The Bertz CT molecular complexity index is 1100. The number of halogens is 1. The second-order valence-electron chi connectivity index (χ2n) is 6.12. The SMILES string of the molecule is O=c1[nH]c(=O)n(-c2ccccc2Cl)c(O)c1C1NCCc2ccccc21. The van der Waals surface area contributed by atoms with Crippen LogP contribution >= 0.6 is 11.6 Å². The van der Waals surface area contributed by atoms with Gasteiger partial charge in [-0.1, -0.05) is 48.0 Å². The molecule has 0 amide bonds. The molecule has 1 unspecified atom stereocenters. The van der Waals surface area contributed by atoms with Gasteiger partial charge in [-0.3, -0.25) is 9.78 Å². The first-order chi connectivity index (χ1) is 12.6. The lowest BCUT2D eigenvalue weighted by atomic mass is 9.90. The van der Waals surface area contributed by atoms with E-state index in [4.69, 9.17) is 11.6 Å². The minimum Gasteiger partial charge on any atom is -0.494 e. The molecule has 0 bridgehead atoms. The van der Waals surface area contributed by atoms with Crippen molar-refractivity contribution in [3.05, 3.63) is 91.1 Å². The van der Waals surface area contributed by atoms with Gasteiger partial charge in [0.15, 0.2) is 0 Å². The molecule has 3 aromatic rings. The van der Waals surface area contributed by atoms with Crippen LogP contribution in [0.15, 0.2) is 58.1 Å². The number of aromatic nitrogens is 2. The summed E-state index contributed by atoms with van der Waals surface area (Å²) in [6, 6.07) is 13.9. The van der Waals surface area contributed by atoms with Gasteiger partial charge in [0.2, 0.25) is 5.88 Å². The van der Waals surface area contributed by atoms with Gasteiger partial charge >= 0.3 is 5.69 Å². The maximum atomic E-state index is 12.5. The molecule has 26 heavy (non-hydrogen) atoms. The van der Waals surface area contributed by atoms with Crippen molar-refractivity contribution >= 4 is 11.6 Å². The molecule has 0 radical (unpaired) electrons. The van der Waals surface area contributed by atoms with Gasteiger partial charge in [-0.15, -0.1) is 0 Å². The van der Waals surface area contributed by atoms with E-state index in [1.807, 2.05) is 24.3 Å². The molecule has 0 saturated carbocycles. The number of para-hydroxylation sites is 1. The first kappa shape index (κ1) is 16.6. The number of aromatic amines is 1. The Morgan fingerprint density at radius 1 is 1.08 bits per heavy atom. The molecule has 2 heterocycles. The van der Waals surface area contributed by atoms with Crippen molar-refractivity contribution in [1.29, 1.82) is 0 Å². The molecular formula is C19H16ClN3O3. The van der Waals surface area contributed by atoms with Crippen molar-refractivity contribution in [3.8, 4) is 11.6 Å². The lowest BCUT2D eigenvalue weighted by molar-refractivity contribution is 0.410. The number of hydrogen-bond acceptors (Lipinski definition) is 4. The van der Waals surface area contributed by atoms with Crippen molar-refractivity contribution in [1.82, 2.24) is 14.9 Å². The van der Waals surface area contributed by atoms with E-state index in [2.05, 4.69) is 10.3 Å². The fraction of sp³-hybridized carbons (Fsp3) is 0.158. The van der Waals surface area contributed by atoms with Gasteiger partial charge in [0.05, 0.1) is 22.3 Å². The van der Waals surface area contributed by atoms with Gasteiger partial charge in [0, 0.05) is 6.54 Å². The van der Waals surface area contributed by atoms with Crippen molar-refractivity contribution in [2.24, 2.45) is 0 Å². The number of H-pyrrole nitrogens is 1. The highest BCUT2D eigenvalue weighted by Gasteiger charge is 2.28. The maximum absolute atomic E-state index is 12.5. The monoisotopic (exact) mass is 369 g/mol. The Balaban J connectivity index is 1.98. The van der Waals surface area contributed by atoms with Crippen LogP contribution in [0.4, 0.5) is 0 Å². The smallest absolute Gasteiger partial charge is 0.335 e. The Kier molecular flexibility index (Phi) is 4.14. The molecule has 0 fully saturated rings. The molecule has 2 aromatic carbocycles. The molecule has 1 aromatic heterocycles. The van der Waals surface area contributed by atoms with Gasteiger partial charge in [0.25, 0.3) is 5.56 Å². The molecule has 6 nitrogen and oxygen atoms in total. The van der Waals surface area contributed by atoms with E-state index in [1.54, 1.807) is 24.3 Å². The zero-order valence-electron chi connectivity index (χ0n) is 13.7. The summed E-state index contributed by atoms with van der Waals surface area (Å²) in [4.78, 5) is 27.2. The largest absolute Gasteiger partial charge is 0.494 e. The summed E-state index contributed by atoms with van der Waals surface area (Å²) in [5, 5.41) is 14.4. The number of benzene rings is 2. The lowest BCUT2D eigenvalue weighted by Gasteiger charge is -2.27. The number of nitrogens with zero attached hydrogens (tertiary/aromatic N) is 1. The number of aromatic hydroxyl groups is 1. The molecule has 0 spiro atoms. The maximum Gasteiger partial charge on any atom is 0.335 e. The summed E-state index contributed by atoms with van der Waals surface area (Å²) in [5.74, 6) is -0.416. The van der Waals surface area contributed by atoms with Crippen LogP contribution < -0.4 is 16.6 Å². The Morgan fingerprint density at radius 3 is 2.62 bits per heavy atom. The van der Waals surface area contributed by atoms with Gasteiger partial charge in [-0.05, 0) is 29.7 Å². The third-order valence-corrected chi connectivity index (χ3v) is 4.93. The Morgan fingerprint density at radius 2 is 1.81 bits per heavy atom. The molecule has 0 saturated heterocycles. The Hall–Kier alpha value is -2.83. The summed E-state index contributed by atoms with van der Waals surface area (Å²) >= 11 is 6.18. The van der Waals surface area contributed by atoms with Crippen LogP contribution in [-0.4, -0.2) is 21.2 Å². The van der Waals surface area contributed by atoms with E-state index < -0.39 is 23.2 Å². The highest BCUT2D eigenvalue weighted by Crippen LogP contribution is 2.32. The lowest BCUT2D eigenvalue weighted by Crippen LogP contribution is -2.38. The molecule has 0 aliphatic carbocycles. The molecule has 132 valence electrons. The summed E-state index contributed by atoms with van der Waals surface area (Å²) in [5.41, 5.74) is 1.04. The van der Waals surface area contributed by atoms with Crippen molar-refractivity contribution in [2.45, 2.75) is 12.5 Å². The third kappa shape index (κ3) is 2.64. The van der Waals surface area contributed by atoms with Gasteiger partial charge in [-0.2, -0.15) is 0 Å². The fourth-order valence-electron chi connectivity index (χ4n) is 3.42. The standard InChI is InChI=1S/C19H16ClN3O3/c20-13-7-3-4-8-14(13)23-18(25)15(17(24)22-19(23)26)16-12-6-2-1-5-11(12)9-10-21-16/h1-8,16,21,25H,9-10H2,(H,22,24,26). The normalized spacial score (nSPS) is 16.3. The van der Waals surface area contributed by atoms with Crippen LogP contribution in [0.1, 0.15) is 22.7 Å². The van der Waals surface area contributed by atoms with Gasteiger partial charge in [-0.25, -0.2) is 9.36 Å². The number of nitrogens with one attached hydrogen (secondary N) is 2. The average Bonchev–Trinajstić information content (AvgIpc) is 2.63. The molecule has 1 atom stereocenters. The molecule has 4 rings (SSSR count). The van der Waals surface area contributed by atoms with E-state index >= 15 is 0 Å². The summed E-state index contributed by atoms with van der Waals surface area (Å²) < 4.78 is 1.03. The van der Waals surface area contributed by atoms with Crippen LogP contribution in [0.2, 0.25) is 5.02 Å². The predicted molar refractivity (Wildman–Crippen MR) is 99.3 cm³/mol. The molecule has 1 aliphatic rings. The highest BCUT2D eigenvalue weighted by atomic mass is 35.5. The van der Waals surface area contributed by atoms with Gasteiger partial charge < -0.3 is 10.4 Å². The molecule has 1 aliphatic heterocycles. The van der Waals surface area contributed by atoms with Crippen molar-refractivity contribution in [2.75, 3.05) is 6.54 Å². The van der Waals surface area contributed by atoms with E-state index in [1.165, 1.54) is 0 Å². The van der Waals surface area contributed by atoms with Crippen LogP contribution in [0, 0.1) is 0 Å². The van der Waals surface area contributed by atoms with E-state index in [-0.39, 0.29) is 5.56 Å². The van der Waals surface area contributed by atoms with Crippen LogP contribution in [0.5, 0.6) is 5.88 Å². The minimum absolute atomic E-state index is 0.0941. The van der Waals surface area contributed by atoms with Crippen LogP contribution in [0.25, 0.3) is 5.69 Å². The summed E-state index contributed by atoms with van der Waals surface area (Å²) in [6.07, 6.45) is 0.829. The zero-order chi connectivity index (χ0) is 18.3. The third-order valence-electron chi connectivity index (χ3n) is 4.61. The van der Waals surface area contributed by atoms with E-state index in [9.17, 15) is 14.7 Å². The number of rotatable bonds is 2. The second kappa shape index (κ2) is 6.48. The predicted octanol–water partition coefficient (Wildman–Crippen LogP) is 2.12. The van der Waals surface area contributed by atoms with Crippen molar-refractivity contribution in [3.63, 3.8) is 0 Å². The molecular weight excluding hydrogens is 354 g/mol. The minimum atomic E-state index is -0.742. The van der Waals surface area contributed by atoms with E-state index in [0.29, 0.717) is 17.3 Å². The van der Waals surface area contributed by atoms with Crippen LogP contribution in [0.3, 0.4) is 0 Å². The molecule has 7 heteroatoms. The van der Waals surface area contributed by atoms with Gasteiger partial charge in [0.1, 0.15) is 0 Å². The van der Waals surface area contributed by atoms with E-state index in [0.717, 1.165) is 22.1 Å². The summed E-state index contributed by atoms with van der Waals surface area (Å²) in [6.45, 7) is 0.659. The van der Waals surface area contributed by atoms with Crippen LogP contribution in [-0.2, 0) is 6.42 Å². The molecule has 3 N–H and O–H groups in total. The van der Waals surface area contributed by atoms with Crippen molar-refractivity contribution < 1.29 is 5.11 Å². The quantitative estimate of drug-likeness (QED) is 0.645. The first-order valence-electron chi connectivity index (χ1n) is 8.22. The Labute approximate surface area is 153 Å². The number of hydrogen-bond donors (Lipinski definition) is 3. The summed E-state index contributed by atoms with van der Waals surface area (Å²) in [7, 11) is 0. The topological polar surface area (TPSA) is 87.1 Å². The first-order valence-corrected chi connectivity index (χ1v) is 8.60.